The minimum atomic E-state index is -1.64. The molecule has 1 aliphatic carbocycles. The van der Waals surface area contributed by atoms with Crippen LogP contribution < -0.4 is 0 Å². The molecule has 1 fully saturated rings. The summed E-state index contributed by atoms with van der Waals surface area (Å²) in [6.45, 7) is -0.220. The Kier molecular flexibility index (Phi) is 4.56. The van der Waals surface area contributed by atoms with E-state index in [-0.39, 0.29) is 6.61 Å². The third-order valence-electron chi connectivity index (χ3n) is 3.16. The number of aliphatic hydroxyl groups excluding tert-OH is 5. The highest BCUT2D eigenvalue weighted by atomic mass is 16.7. The first-order chi connectivity index (χ1) is 9.04. The average molecular weight is 274 g/mol. The molecule has 0 aromatic rings. The maximum atomic E-state index is 9.73. The predicted molar refractivity (Wildman–Crippen MR) is 62.5 cm³/mol. The molecule has 5 N–H and O–H groups in total. The Labute approximate surface area is 110 Å². The van der Waals surface area contributed by atoms with Crippen LogP contribution in [-0.4, -0.2) is 63.0 Å². The highest BCUT2D eigenvalue weighted by molar-refractivity contribution is 5.29. The highest BCUT2D eigenvalue weighted by Crippen LogP contribution is 2.27. The van der Waals surface area contributed by atoms with Crippen molar-refractivity contribution in [3.63, 3.8) is 0 Å². The summed E-state index contributed by atoms with van der Waals surface area (Å²) >= 11 is 0. The largest absolute Gasteiger partial charge is 0.462 e. The molecule has 0 saturated carbocycles. The Bertz CT molecular complexity index is 378. The summed E-state index contributed by atoms with van der Waals surface area (Å²) in [5.41, 5.74) is 0.553. The lowest BCUT2D eigenvalue weighted by Gasteiger charge is -2.38. The van der Waals surface area contributed by atoms with E-state index in [1.807, 2.05) is 0 Å². The molecule has 2 rings (SSSR count). The summed E-state index contributed by atoms with van der Waals surface area (Å²) in [5.74, 6) is 0.341. The van der Waals surface area contributed by atoms with Crippen LogP contribution in [-0.2, 0) is 9.47 Å². The van der Waals surface area contributed by atoms with Gasteiger partial charge in [0.1, 0.15) is 24.1 Å². The van der Waals surface area contributed by atoms with Crippen LogP contribution in [0, 0.1) is 0 Å². The second-order valence-electron chi connectivity index (χ2n) is 4.52. The number of ether oxygens (including phenoxy) is 2. The first kappa shape index (κ1) is 14.4. The third kappa shape index (κ3) is 2.97. The fourth-order valence-electron chi connectivity index (χ4n) is 2.02. The van der Waals surface area contributed by atoms with Gasteiger partial charge in [-0.05, 0) is 18.9 Å². The summed E-state index contributed by atoms with van der Waals surface area (Å²) in [6.07, 6.45) is -2.60. The predicted octanol–water partition coefficient (Wildman–Crippen LogP) is -1.64. The van der Waals surface area contributed by atoms with Gasteiger partial charge in [0.15, 0.2) is 6.29 Å². The molecule has 1 saturated heterocycles. The second-order valence-corrected chi connectivity index (χ2v) is 4.52. The number of hydrogen-bond donors (Lipinski definition) is 5. The molecule has 7 heteroatoms. The number of rotatable bonds is 3. The van der Waals surface area contributed by atoms with Crippen molar-refractivity contribution in [2.24, 2.45) is 0 Å². The van der Waals surface area contributed by atoms with Crippen molar-refractivity contribution in [1.82, 2.24) is 0 Å². The molecule has 0 spiro atoms. The molecular weight excluding hydrogens is 256 g/mol. The first-order valence-electron chi connectivity index (χ1n) is 6.09. The molecule has 0 amide bonds. The summed E-state index contributed by atoms with van der Waals surface area (Å²) in [6, 6.07) is 0. The zero-order chi connectivity index (χ0) is 14.0. The molecule has 0 radical (unpaired) electrons. The van der Waals surface area contributed by atoms with E-state index in [1.165, 1.54) is 0 Å². The van der Waals surface area contributed by atoms with Crippen LogP contribution in [0.5, 0.6) is 0 Å². The summed E-state index contributed by atoms with van der Waals surface area (Å²) in [5, 5.41) is 47.2. The molecule has 0 aromatic carbocycles. The normalized spacial score (nSPS) is 39.5. The van der Waals surface area contributed by atoms with Gasteiger partial charge in [-0.3, -0.25) is 0 Å². The SMILES string of the molecule is OCC1=CCCC=C1OC1OC(O)C(O)C(O)C1O. The Hall–Kier alpha value is -0.960. The van der Waals surface area contributed by atoms with Gasteiger partial charge < -0.3 is 35.0 Å². The maximum Gasteiger partial charge on any atom is 0.231 e. The zero-order valence-corrected chi connectivity index (χ0v) is 10.2. The van der Waals surface area contributed by atoms with E-state index >= 15 is 0 Å². The Morgan fingerprint density at radius 1 is 1.05 bits per heavy atom. The van der Waals surface area contributed by atoms with Crippen molar-refractivity contribution < 1.29 is 35.0 Å². The molecule has 19 heavy (non-hydrogen) atoms. The van der Waals surface area contributed by atoms with Crippen LogP contribution in [0.3, 0.4) is 0 Å². The average Bonchev–Trinajstić information content (AvgIpc) is 2.43. The molecule has 108 valence electrons. The van der Waals surface area contributed by atoms with Crippen molar-refractivity contribution >= 4 is 0 Å². The Morgan fingerprint density at radius 2 is 1.74 bits per heavy atom. The van der Waals surface area contributed by atoms with Gasteiger partial charge in [0.05, 0.1) is 6.61 Å². The highest BCUT2D eigenvalue weighted by Gasteiger charge is 2.44. The van der Waals surface area contributed by atoms with E-state index < -0.39 is 30.9 Å². The van der Waals surface area contributed by atoms with Gasteiger partial charge in [-0.15, -0.1) is 0 Å². The van der Waals surface area contributed by atoms with Crippen LogP contribution in [0.4, 0.5) is 0 Å². The van der Waals surface area contributed by atoms with Gasteiger partial charge in [-0.25, -0.2) is 0 Å². The van der Waals surface area contributed by atoms with E-state index in [0.29, 0.717) is 11.3 Å². The van der Waals surface area contributed by atoms with Crippen molar-refractivity contribution in [2.45, 2.75) is 43.7 Å². The van der Waals surface area contributed by atoms with Gasteiger partial charge in [0, 0.05) is 5.57 Å². The monoisotopic (exact) mass is 274 g/mol. The fraction of sp³-hybridized carbons (Fsp3) is 0.667. The quantitative estimate of drug-likeness (QED) is 0.418. The summed E-state index contributed by atoms with van der Waals surface area (Å²) < 4.78 is 10.3. The smallest absolute Gasteiger partial charge is 0.231 e. The van der Waals surface area contributed by atoms with E-state index in [1.54, 1.807) is 12.2 Å². The van der Waals surface area contributed by atoms with Crippen LogP contribution in [0.1, 0.15) is 12.8 Å². The van der Waals surface area contributed by atoms with Crippen molar-refractivity contribution in [2.75, 3.05) is 6.61 Å². The lowest BCUT2D eigenvalue weighted by Crippen LogP contribution is -2.58. The lowest BCUT2D eigenvalue weighted by molar-refractivity contribution is -0.332. The number of allylic oxidation sites excluding steroid dienone is 2. The Morgan fingerprint density at radius 3 is 2.42 bits per heavy atom. The molecule has 5 unspecified atom stereocenters. The maximum absolute atomic E-state index is 9.73. The molecular formula is C12H18O7. The van der Waals surface area contributed by atoms with Crippen LogP contribution in [0.15, 0.2) is 23.5 Å². The van der Waals surface area contributed by atoms with Gasteiger partial charge >= 0.3 is 0 Å². The molecule has 1 aliphatic heterocycles. The summed E-state index contributed by atoms with van der Waals surface area (Å²) in [4.78, 5) is 0. The topological polar surface area (TPSA) is 120 Å². The third-order valence-corrected chi connectivity index (χ3v) is 3.16. The van der Waals surface area contributed by atoms with Gasteiger partial charge in [-0.2, -0.15) is 0 Å². The fourth-order valence-corrected chi connectivity index (χ4v) is 2.02. The molecule has 5 atom stereocenters. The minimum Gasteiger partial charge on any atom is -0.462 e. The number of aliphatic hydroxyl groups is 5. The molecule has 0 aromatic heterocycles. The molecule has 7 nitrogen and oxygen atoms in total. The zero-order valence-electron chi connectivity index (χ0n) is 10.2. The van der Waals surface area contributed by atoms with Gasteiger partial charge in [-0.1, -0.05) is 6.08 Å². The van der Waals surface area contributed by atoms with Crippen molar-refractivity contribution in [3.8, 4) is 0 Å². The van der Waals surface area contributed by atoms with Crippen LogP contribution in [0.2, 0.25) is 0 Å². The van der Waals surface area contributed by atoms with E-state index in [2.05, 4.69) is 0 Å². The molecule has 2 aliphatic rings. The van der Waals surface area contributed by atoms with Gasteiger partial charge in [0.2, 0.25) is 6.29 Å². The minimum absolute atomic E-state index is 0.220. The summed E-state index contributed by atoms with van der Waals surface area (Å²) in [7, 11) is 0. The number of hydrogen-bond acceptors (Lipinski definition) is 7. The molecule has 1 heterocycles. The van der Waals surface area contributed by atoms with E-state index in [9.17, 15) is 25.5 Å². The van der Waals surface area contributed by atoms with Crippen LogP contribution in [0.25, 0.3) is 0 Å². The lowest BCUT2D eigenvalue weighted by atomic mass is 10.0. The van der Waals surface area contributed by atoms with Gasteiger partial charge in [0.25, 0.3) is 0 Å². The Balaban J connectivity index is 2.06. The first-order valence-corrected chi connectivity index (χ1v) is 6.09. The van der Waals surface area contributed by atoms with Crippen LogP contribution >= 0.6 is 0 Å². The van der Waals surface area contributed by atoms with E-state index in [0.717, 1.165) is 12.8 Å². The standard InChI is InChI=1S/C12H18O7/c13-5-6-3-1-2-4-7(6)18-12-10(16)8(14)9(15)11(17)19-12/h3-4,8-17H,1-2,5H2. The van der Waals surface area contributed by atoms with E-state index in [4.69, 9.17) is 9.47 Å². The second kappa shape index (κ2) is 6.00. The molecule has 0 bridgehead atoms. The van der Waals surface area contributed by atoms with Crippen molar-refractivity contribution in [3.05, 3.63) is 23.5 Å². The van der Waals surface area contributed by atoms with Crippen molar-refractivity contribution in [1.29, 1.82) is 0 Å².